The monoisotopic (exact) mass is 299 g/mol. The van der Waals surface area contributed by atoms with Crippen LogP contribution in [0.25, 0.3) is 0 Å². The number of Topliss-reactive ketones (excluding diaryl/α,β-unsaturated/α-hetero) is 1. The van der Waals surface area contributed by atoms with Gasteiger partial charge in [-0.05, 0) is 26.1 Å². The number of sulfonamides is 1. The number of alkyl halides is 3. The molecular formula is C10H9F4NO3S. The molecular weight excluding hydrogens is 290 g/mol. The fourth-order valence-corrected chi connectivity index (χ4v) is 2.60. The lowest BCUT2D eigenvalue weighted by Gasteiger charge is -2.13. The van der Waals surface area contributed by atoms with E-state index in [1.807, 2.05) is 0 Å². The maximum atomic E-state index is 13.3. The molecule has 1 rings (SSSR count). The van der Waals surface area contributed by atoms with Crippen molar-refractivity contribution in [3.05, 3.63) is 29.1 Å². The number of hydrogen-bond donors (Lipinski definition) is 1. The Kier molecular flexibility index (Phi) is 4.01. The number of hydrogen-bond acceptors (Lipinski definition) is 3. The molecule has 4 nitrogen and oxygen atoms in total. The summed E-state index contributed by atoms with van der Waals surface area (Å²) >= 11 is 0. The van der Waals surface area contributed by atoms with E-state index in [0.29, 0.717) is 12.1 Å². The molecule has 0 heterocycles. The molecule has 0 unspecified atom stereocenters. The molecule has 0 saturated carbocycles. The summed E-state index contributed by atoms with van der Waals surface area (Å²) in [6.45, 7) is 0.979. The molecule has 1 aromatic carbocycles. The summed E-state index contributed by atoms with van der Waals surface area (Å²) in [4.78, 5) is 10.2. The Morgan fingerprint density at radius 3 is 2.21 bits per heavy atom. The quantitative estimate of drug-likeness (QED) is 0.683. The highest BCUT2D eigenvalue weighted by Gasteiger charge is 2.42. The first-order valence-corrected chi connectivity index (χ1v) is 6.35. The average Bonchev–Trinajstić information content (AvgIpc) is 2.30. The predicted octanol–water partition coefficient (Wildman–Crippen LogP) is 1.79. The van der Waals surface area contributed by atoms with E-state index in [1.54, 1.807) is 4.72 Å². The lowest BCUT2D eigenvalue weighted by atomic mass is 10.1. The Morgan fingerprint density at radius 1 is 1.26 bits per heavy atom. The molecule has 0 bridgehead atoms. The van der Waals surface area contributed by atoms with Gasteiger partial charge in [0.05, 0.1) is 4.90 Å². The van der Waals surface area contributed by atoms with Crippen molar-refractivity contribution < 1.29 is 30.8 Å². The Bertz CT molecular complexity index is 622. The summed E-state index contributed by atoms with van der Waals surface area (Å²) < 4.78 is 75.5. The topological polar surface area (TPSA) is 63.2 Å². The molecule has 0 aliphatic carbocycles. The molecule has 0 aliphatic rings. The molecule has 9 heteroatoms. The van der Waals surface area contributed by atoms with E-state index in [9.17, 15) is 30.8 Å². The van der Waals surface area contributed by atoms with E-state index >= 15 is 0 Å². The van der Waals surface area contributed by atoms with E-state index in [-0.39, 0.29) is 0 Å². The van der Waals surface area contributed by atoms with Crippen molar-refractivity contribution in [1.82, 2.24) is 4.72 Å². The fourth-order valence-electron chi connectivity index (χ4n) is 1.45. The second-order valence-electron chi connectivity index (χ2n) is 3.58. The number of rotatable bonds is 3. The van der Waals surface area contributed by atoms with Gasteiger partial charge in [0.15, 0.2) is 0 Å². The second-order valence-corrected chi connectivity index (χ2v) is 5.41. The predicted molar refractivity (Wildman–Crippen MR) is 57.8 cm³/mol. The van der Waals surface area contributed by atoms with Crippen molar-refractivity contribution in [2.75, 3.05) is 7.05 Å². The zero-order chi connectivity index (χ0) is 15.0. The number of halogens is 4. The lowest BCUT2D eigenvalue weighted by Crippen LogP contribution is -2.28. The second kappa shape index (κ2) is 4.89. The molecule has 0 amide bonds. The highest BCUT2D eigenvalue weighted by molar-refractivity contribution is 7.89. The van der Waals surface area contributed by atoms with Crippen LogP contribution in [-0.4, -0.2) is 27.4 Å². The third-order valence-electron chi connectivity index (χ3n) is 2.38. The van der Waals surface area contributed by atoms with Crippen LogP contribution in [0.1, 0.15) is 15.9 Å². The van der Waals surface area contributed by atoms with Crippen LogP contribution >= 0.6 is 0 Å². The molecule has 0 aromatic heterocycles. The Hall–Kier alpha value is -1.48. The minimum atomic E-state index is -5.25. The number of benzene rings is 1. The van der Waals surface area contributed by atoms with Crippen molar-refractivity contribution in [2.45, 2.75) is 18.0 Å². The highest BCUT2D eigenvalue weighted by Crippen LogP contribution is 2.29. The first-order valence-electron chi connectivity index (χ1n) is 4.86. The summed E-state index contributed by atoms with van der Waals surface area (Å²) in [5.74, 6) is -3.36. The van der Waals surface area contributed by atoms with Crippen molar-refractivity contribution in [3.8, 4) is 0 Å². The fraction of sp³-hybridized carbons (Fsp3) is 0.300. The van der Waals surface area contributed by atoms with Gasteiger partial charge in [-0.3, -0.25) is 4.79 Å². The van der Waals surface area contributed by atoms with Crippen LogP contribution in [0.2, 0.25) is 0 Å². The smallest absolute Gasteiger partial charge is 0.284 e. The number of carbonyl (C=O) groups is 1. The van der Waals surface area contributed by atoms with Crippen molar-refractivity contribution >= 4 is 15.8 Å². The zero-order valence-electron chi connectivity index (χ0n) is 9.80. The summed E-state index contributed by atoms with van der Waals surface area (Å²) in [5.41, 5.74) is -1.66. The van der Waals surface area contributed by atoms with E-state index in [1.165, 1.54) is 0 Å². The maximum Gasteiger partial charge on any atom is 0.454 e. The number of nitrogens with one attached hydrogen (secondary N) is 1. The SMILES string of the molecule is CNS(=O)(=O)c1c(C(=O)C(F)(F)F)ccc(F)c1C. The van der Waals surface area contributed by atoms with Crippen LogP contribution in [0.15, 0.2) is 17.0 Å². The molecule has 0 atom stereocenters. The van der Waals surface area contributed by atoms with Gasteiger partial charge in [0, 0.05) is 11.1 Å². The summed E-state index contributed by atoms with van der Waals surface area (Å²) in [7, 11) is -3.45. The van der Waals surface area contributed by atoms with Gasteiger partial charge in [-0.1, -0.05) is 0 Å². The third kappa shape index (κ3) is 2.92. The molecule has 0 spiro atoms. The molecule has 19 heavy (non-hydrogen) atoms. The largest absolute Gasteiger partial charge is 0.454 e. The van der Waals surface area contributed by atoms with Crippen molar-refractivity contribution in [3.63, 3.8) is 0 Å². The van der Waals surface area contributed by atoms with Crippen molar-refractivity contribution in [2.24, 2.45) is 0 Å². The minimum absolute atomic E-state index is 0.502. The molecule has 1 N–H and O–H groups in total. The standard InChI is InChI=1S/C10H9F4NO3S/c1-5-7(11)4-3-6(9(16)10(12,13)14)8(5)19(17,18)15-2/h3-4,15H,1-2H3. The van der Waals surface area contributed by atoms with Crippen LogP contribution < -0.4 is 4.72 Å². The third-order valence-corrected chi connectivity index (χ3v) is 3.98. The van der Waals surface area contributed by atoms with Gasteiger partial charge in [-0.2, -0.15) is 13.2 Å². The summed E-state index contributed by atoms with van der Waals surface area (Å²) in [6, 6.07) is 1.12. The average molecular weight is 299 g/mol. The Balaban J connectivity index is 3.69. The first kappa shape index (κ1) is 15.6. The molecule has 0 aliphatic heterocycles. The number of ketones is 1. The van der Waals surface area contributed by atoms with Gasteiger partial charge >= 0.3 is 6.18 Å². The van der Waals surface area contributed by atoms with Crippen LogP contribution in [0.4, 0.5) is 17.6 Å². The Morgan fingerprint density at radius 2 is 1.79 bits per heavy atom. The minimum Gasteiger partial charge on any atom is -0.284 e. The molecule has 1 aromatic rings. The Labute approximate surface area is 106 Å². The van der Waals surface area contributed by atoms with Gasteiger partial charge in [0.25, 0.3) is 5.78 Å². The zero-order valence-corrected chi connectivity index (χ0v) is 10.6. The molecule has 0 saturated heterocycles. The number of carbonyl (C=O) groups excluding carboxylic acids is 1. The molecule has 106 valence electrons. The summed E-state index contributed by atoms with van der Waals surface area (Å²) in [6.07, 6.45) is -5.25. The van der Waals surface area contributed by atoms with E-state index in [0.717, 1.165) is 14.0 Å². The highest BCUT2D eigenvalue weighted by atomic mass is 32.2. The summed E-state index contributed by atoms with van der Waals surface area (Å²) in [5, 5.41) is 0. The normalized spacial score (nSPS) is 12.5. The van der Waals surface area contributed by atoms with Gasteiger partial charge in [0.2, 0.25) is 10.0 Å². The van der Waals surface area contributed by atoms with Crippen LogP contribution in [-0.2, 0) is 10.0 Å². The molecule has 0 radical (unpaired) electrons. The van der Waals surface area contributed by atoms with E-state index in [4.69, 9.17) is 0 Å². The maximum absolute atomic E-state index is 13.3. The lowest BCUT2D eigenvalue weighted by molar-refractivity contribution is -0.0887. The van der Waals surface area contributed by atoms with E-state index in [2.05, 4.69) is 0 Å². The van der Waals surface area contributed by atoms with Crippen LogP contribution in [0, 0.1) is 12.7 Å². The van der Waals surface area contributed by atoms with E-state index < -0.39 is 43.8 Å². The van der Waals surface area contributed by atoms with Crippen LogP contribution in [0.5, 0.6) is 0 Å². The van der Waals surface area contributed by atoms with Crippen LogP contribution in [0.3, 0.4) is 0 Å². The van der Waals surface area contributed by atoms with Gasteiger partial charge in [-0.15, -0.1) is 0 Å². The van der Waals surface area contributed by atoms with Crippen molar-refractivity contribution in [1.29, 1.82) is 0 Å². The van der Waals surface area contributed by atoms with Gasteiger partial charge in [0.1, 0.15) is 5.82 Å². The first-order chi connectivity index (χ1) is 8.52. The van der Waals surface area contributed by atoms with Gasteiger partial charge in [-0.25, -0.2) is 17.5 Å². The van der Waals surface area contributed by atoms with Gasteiger partial charge < -0.3 is 0 Å². The molecule has 0 fully saturated rings.